The number of amides is 1. The summed E-state index contributed by atoms with van der Waals surface area (Å²) in [6, 6.07) is 0.109. The Hall–Kier alpha value is -1.60. The van der Waals surface area contributed by atoms with Gasteiger partial charge in [-0.1, -0.05) is 40.0 Å². The molecule has 0 bridgehead atoms. The van der Waals surface area contributed by atoms with Crippen LogP contribution in [0.15, 0.2) is 16.6 Å². The van der Waals surface area contributed by atoms with E-state index in [1.165, 1.54) is 31.6 Å². The van der Waals surface area contributed by atoms with Gasteiger partial charge >= 0.3 is 0 Å². The van der Waals surface area contributed by atoms with Gasteiger partial charge in [-0.2, -0.15) is 0 Å². The lowest BCUT2D eigenvalue weighted by Crippen LogP contribution is -2.60. The van der Waals surface area contributed by atoms with Crippen molar-refractivity contribution in [2.45, 2.75) is 59.4 Å². The number of carbonyl (C=O) groups excluding carboxylic acids is 1. The molecule has 0 saturated heterocycles. The summed E-state index contributed by atoms with van der Waals surface area (Å²) < 4.78 is 0. The predicted octanol–water partition coefficient (Wildman–Crippen LogP) is 3.18. The number of nitrogens with one attached hydrogen (secondary N) is 1. The maximum Gasteiger partial charge on any atom is 0.253 e. The summed E-state index contributed by atoms with van der Waals surface area (Å²) in [7, 11) is 1.64. The van der Waals surface area contributed by atoms with E-state index in [0.29, 0.717) is 29.9 Å². The minimum Gasteiger partial charge on any atom is -0.349 e. The minimum absolute atomic E-state index is 0.109. The van der Waals surface area contributed by atoms with E-state index in [1.807, 2.05) is 0 Å². The molecule has 0 aromatic rings. The molecule has 5 atom stereocenters. The smallest absolute Gasteiger partial charge is 0.253 e. The van der Waals surface area contributed by atoms with Gasteiger partial charge < -0.3 is 11.1 Å². The van der Waals surface area contributed by atoms with E-state index < -0.39 is 0 Å². The molecule has 0 aromatic carbocycles. The molecule has 2 aliphatic rings. The SMILES string of the molecule is C#C/C=C(\C=NC)C(=O)N[C@@H]1CC2C(C)(C)CCC[C@]2(C)[C@@H](CN)[C@@H]1C. The molecule has 2 saturated carbocycles. The van der Waals surface area contributed by atoms with Crippen molar-refractivity contribution in [1.29, 1.82) is 0 Å². The van der Waals surface area contributed by atoms with E-state index in [1.54, 1.807) is 7.05 Å². The zero-order valence-electron chi connectivity index (χ0n) is 17.0. The molecule has 2 fully saturated rings. The minimum atomic E-state index is -0.140. The highest BCUT2D eigenvalue weighted by atomic mass is 16.1. The highest BCUT2D eigenvalue weighted by molar-refractivity contribution is 6.12. The number of terminal acetylenes is 1. The summed E-state index contributed by atoms with van der Waals surface area (Å²) in [5.74, 6) is 3.59. The van der Waals surface area contributed by atoms with Crippen molar-refractivity contribution < 1.29 is 4.79 Å². The molecule has 1 unspecified atom stereocenters. The number of rotatable bonds is 4. The van der Waals surface area contributed by atoms with Crippen LogP contribution in [0, 0.1) is 40.9 Å². The average molecular weight is 358 g/mol. The van der Waals surface area contributed by atoms with E-state index in [0.717, 1.165) is 6.42 Å². The van der Waals surface area contributed by atoms with Crippen molar-refractivity contribution in [3.05, 3.63) is 11.6 Å². The maximum absolute atomic E-state index is 12.7. The molecule has 26 heavy (non-hydrogen) atoms. The van der Waals surface area contributed by atoms with Gasteiger partial charge in [0.05, 0.1) is 5.57 Å². The lowest BCUT2D eigenvalue weighted by molar-refractivity contribution is -0.125. The van der Waals surface area contributed by atoms with Crippen LogP contribution in [-0.4, -0.2) is 31.8 Å². The van der Waals surface area contributed by atoms with Crippen molar-refractivity contribution in [1.82, 2.24) is 5.32 Å². The second kappa shape index (κ2) is 7.96. The molecule has 0 radical (unpaired) electrons. The fraction of sp³-hybridized carbons (Fsp3) is 0.727. The Morgan fingerprint density at radius 2 is 2.08 bits per heavy atom. The molecule has 3 N–H and O–H groups in total. The summed E-state index contributed by atoms with van der Waals surface area (Å²) in [5.41, 5.74) is 7.20. The average Bonchev–Trinajstić information content (AvgIpc) is 2.56. The van der Waals surface area contributed by atoms with E-state index in [4.69, 9.17) is 12.2 Å². The van der Waals surface area contributed by atoms with Crippen LogP contribution in [0.1, 0.15) is 53.4 Å². The van der Waals surface area contributed by atoms with Gasteiger partial charge in [0.25, 0.3) is 5.91 Å². The number of hydrogen-bond acceptors (Lipinski definition) is 3. The Bertz CT molecular complexity index is 628. The third-order valence-corrected chi connectivity index (χ3v) is 7.22. The molecule has 0 aliphatic heterocycles. The van der Waals surface area contributed by atoms with Crippen LogP contribution in [0.5, 0.6) is 0 Å². The standard InChI is InChI=1S/C22H35N3O/c1-7-9-16(14-24-6)20(26)25-18-12-19-21(3,4)10-8-11-22(19,5)17(13-23)15(18)2/h1,9,14-15,17-19H,8,10-13,23H2,2-6H3,(H,25,26)/b16-9+,24-14?/t15-,17-,18+,19?,22+/m0/s1. The zero-order valence-corrected chi connectivity index (χ0v) is 17.0. The first-order valence-corrected chi connectivity index (χ1v) is 9.80. The second-order valence-electron chi connectivity index (χ2n) is 9.07. The molecule has 4 nitrogen and oxygen atoms in total. The quantitative estimate of drug-likeness (QED) is 0.461. The molecular weight excluding hydrogens is 322 g/mol. The van der Waals surface area contributed by atoms with Crippen molar-refractivity contribution in [2.24, 2.45) is 39.3 Å². The molecule has 1 amide bonds. The van der Waals surface area contributed by atoms with Crippen molar-refractivity contribution in [2.75, 3.05) is 13.6 Å². The van der Waals surface area contributed by atoms with Crippen LogP contribution in [0.25, 0.3) is 0 Å². The Kier molecular flexibility index (Phi) is 6.34. The highest BCUT2D eigenvalue weighted by Crippen LogP contribution is 2.60. The fourth-order valence-corrected chi connectivity index (χ4v) is 5.86. The van der Waals surface area contributed by atoms with Gasteiger partial charge in [-0.3, -0.25) is 9.79 Å². The van der Waals surface area contributed by atoms with Gasteiger partial charge in [0.1, 0.15) is 0 Å². The van der Waals surface area contributed by atoms with Crippen molar-refractivity contribution >= 4 is 12.1 Å². The normalized spacial score (nSPS) is 37.0. The number of nitrogens with zero attached hydrogens (tertiary/aromatic N) is 1. The van der Waals surface area contributed by atoms with E-state index in [-0.39, 0.29) is 22.8 Å². The third-order valence-electron chi connectivity index (χ3n) is 7.22. The third kappa shape index (κ3) is 3.74. The first-order valence-electron chi connectivity index (χ1n) is 9.80. The summed E-state index contributed by atoms with van der Waals surface area (Å²) in [5, 5.41) is 3.24. The summed E-state index contributed by atoms with van der Waals surface area (Å²) in [6.45, 7) is 10.1. The molecule has 0 heterocycles. The van der Waals surface area contributed by atoms with Crippen molar-refractivity contribution in [3.63, 3.8) is 0 Å². The van der Waals surface area contributed by atoms with Gasteiger partial charge in [0.15, 0.2) is 0 Å². The Balaban J connectivity index is 2.29. The fourth-order valence-electron chi connectivity index (χ4n) is 5.86. The number of aliphatic imine (C=N–C) groups is 1. The Labute approximate surface area is 159 Å². The molecular formula is C22H35N3O. The number of allylic oxidation sites excluding steroid dienone is 1. The number of fused-ring (bicyclic) bond motifs is 1. The largest absolute Gasteiger partial charge is 0.349 e. The second-order valence-corrected chi connectivity index (χ2v) is 9.07. The van der Waals surface area contributed by atoms with E-state index in [9.17, 15) is 4.79 Å². The molecule has 4 heteroatoms. The van der Waals surface area contributed by atoms with Crippen LogP contribution in [0.2, 0.25) is 0 Å². The lowest BCUT2D eigenvalue weighted by Gasteiger charge is -2.61. The van der Waals surface area contributed by atoms with Crippen LogP contribution in [-0.2, 0) is 4.79 Å². The van der Waals surface area contributed by atoms with Crippen LogP contribution >= 0.6 is 0 Å². The monoisotopic (exact) mass is 357 g/mol. The van der Waals surface area contributed by atoms with E-state index in [2.05, 4.69) is 43.9 Å². The van der Waals surface area contributed by atoms with Crippen molar-refractivity contribution in [3.8, 4) is 12.3 Å². The molecule has 0 spiro atoms. The summed E-state index contributed by atoms with van der Waals surface area (Å²) >= 11 is 0. The van der Waals surface area contributed by atoms with Crippen LogP contribution in [0.4, 0.5) is 0 Å². The van der Waals surface area contributed by atoms with Crippen LogP contribution in [0.3, 0.4) is 0 Å². The molecule has 2 rings (SSSR count). The first-order chi connectivity index (χ1) is 12.2. The van der Waals surface area contributed by atoms with Gasteiger partial charge in [0, 0.05) is 25.4 Å². The number of hydrogen-bond donors (Lipinski definition) is 2. The predicted molar refractivity (Wildman–Crippen MR) is 109 cm³/mol. The molecule has 0 aromatic heterocycles. The van der Waals surface area contributed by atoms with Crippen LogP contribution < -0.4 is 11.1 Å². The lowest BCUT2D eigenvalue weighted by atomic mass is 9.45. The van der Waals surface area contributed by atoms with Gasteiger partial charge in [0.2, 0.25) is 0 Å². The van der Waals surface area contributed by atoms with Gasteiger partial charge in [-0.05, 0) is 54.4 Å². The summed E-state index contributed by atoms with van der Waals surface area (Å²) in [6.07, 6.45) is 13.1. The highest BCUT2D eigenvalue weighted by Gasteiger charge is 2.56. The topological polar surface area (TPSA) is 67.5 Å². The number of nitrogens with two attached hydrogens (primary N) is 1. The number of carbonyl (C=O) groups is 1. The Morgan fingerprint density at radius 1 is 1.38 bits per heavy atom. The molecule has 2 aliphatic carbocycles. The summed E-state index contributed by atoms with van der Waals surface area (Å²) in [4.78, 5) is 16.7. The Morgan fingerprint density at radius 3 is 2.65 bits per heavy atom. The van der Waals surface area contributed by atoms with E-state index >= 15 is 0 Å². The van der Waals surface area contributed by atoms with Gasteiger partial charge in [-0.25, -0.2) is 0 Å². The molecule has 144 valence electrons. The maximum atomic E-state index is 12.7. The first kappa shape index (κ1) is 20.7. The van der Waals surface area contributed by atoms with Gasteiger partial charge in [-0.15, -0.1) is 6.42 Å². The zero-order chi connectivity index (χ0) is 19.5.